The molecule has 0 spiro atoms. The van der Waals surface area contributed by atoms with E-state index in [9.17, 15) is 0 Å². The maximum Gasteiger partial charge on any atom is 0.216 e. The first-order chi connectivity index (χ1) is 6.27. The SMILES string of the molecule is CCCCCCCCCOC(=S)S. The number of ether oxygens (including phenoxy) is 1. The summed E-state index contributed by atoms with van der Waals surface area (Å²) in [4.78, 5) is 0. The van der Waals surface area contributed by atoms with E-state index in [0.717, 1.165) is 13.0 Å². The third kappa shape index (κ3) is 12.2. The maximum absolute atomic E-state index is 5.07. The summed E-state index contributed by atoms with van der Waals surface area (Å²) < 4.78 is 5.43. The maximum atomic E-state index is 5.07. The van der Waals surface area contributed by atoms with E-state index in [-0.39, 0.29) is 0 Å². The Kier molecular flexibility index (Phi) is 10.5. The Balaban J connectivity index is 2.87. The average molecular weight is 220 g/mol. The lowest BCUT2D eigenvalue weighted by molar-refractivity contribution is 0.308. The van der Waals surface area contributed by atoms with Crippen molar-refractivity contribution < 1.29 is 4.74 Å². The fraction of sp³-hybridized carbons (Fsp3) is 0.900. The number of thiocarbonyl (C=S) groups is 1. The minimum Gasteiger partial charge on any atom is -0.479 e. The number of thiol groups is 1. The van der Waals surface area contributed by atoms with Crippen LogP contribution in [0.5, 0.6) is 0 Å². The number of hydrogen-bond acceptors (Lipinski definition) is 2. The van der Waals surface area contributed by atoms with Crippen molar-refractivity contribution in [1.29, 1.82) is 0 Å². The summed E-state index contributed by atoms with van der Waals surface area (Å²) in [7, 11) is 0. The van der Waals surface area contributed by atoms with Crippen LogP contribution < -0.4 is 0 Å². The summed E-state index contributed by atoms with van der Waals surface area (Å²) in [5, 5.41) is 0. The van der Waals surface area contributed by atoms with Crippen LogP contribution in [0.15, 0.2) is 0 Å². The molecule has 0 radical (unpaired) electrons. The van der Waals surface area contributed by atoms with E-state index >= 15 is 0 Å². The lowest BCUT2D eigenvalue weighted by atomic mass is 10.1. The minimum atomic E-state index is 0.367. The molecule has 78 valence electrons. The van der Waals surface area contributed by atoms with Gasteiger partial charge in [-0.15, -0.1) is 0 Å². The summed E-state index contributed by atoms with van der Waals surface area (Å²) in [5.41, 5.74) is 0. The minimum absolute atomic E-state index is 0.367. The van der Waals surface area contributed by atoms with Gasteiger partial charge in [-0.1, -0.05) is 58.1 Å². The highest BCUT2D eigenvalue weighted by molar-refractivity contribution is 8.10. The zero-order valence-electron chi connectivity index (χ0n) is 8.42. The molecule has 1 nitrogen and oxygen atoms in total. The third-order valence-corrected chi connectivity index (χ3v) is 2.22. The second-order valence-electron chi connectivity index (χ2n) is 3.24. The molecule has 0 aromatic carbocycles. The summed E-state index contributed by atoms with van der Waals surface area (Å²) >= 11 is 8.55. The number of unbranched alkanes of at least 4 members (excludes halogenated alkanes) is 6. The van der Waals surface area contributed by atoms with E-state index in [1.165, 1.54) is 38.5 Å². The molecule has 0 aliphatic carbocycles. The molecule has 0 unspecified atom stereocenters. The molecular weight excluding hydrogens is 200 g/mol. The first-order valence-electron chi connectivity index (χ1n) is 5.13. The normalized spacial score (nSPS) is 10.0. The molecule has 0 bridgehead atoms. The molecule has 0 heterocycles. The Morgan fingerprint density at radius 2 is 1.62 bits per heavy atom. The van der Waals surface area contributed by atoms with Gasteiger partial charge in [0.15, 0.2) is 0 Å². The van der Waals surface area contributed by atoms with Crippen molar-refractivity contribution in [1.82, 2.24) is 0 Å². The molecule has 0 aliphatic rings. The van der Waals surface area contributed by atoms with Gasteiger partial charge in [0.05, 0.1) is 6.61 Å². The van der Waals surface area contributed by atoms with Gasteiger partial charge in [-0.3, -0.25) is 0 Å². The van der Waals surface area contributed by atoms with E-state index in [0.29, 0.717) is 4.38 Å². The lowest BCUT2D eigenvalue weighted by Crippen LogP contribution is -1.95. The Labute approximate surface area is 92.7 Å². The van der Waals surface area contributed by atoms with Crippen molar-refractivity contribution in [3.05, 3.63) is 0 Å². The molecule has 0 aromatic heterocycles. The van der Waals surface area contributed by atoms with Crippen molar-refractivity contribution in [2.75, 3.05) is 6.61 Å². The second-order valence-corrected chi connectivity index (χ2v) is 4.32. The summed E-state index contributed by atoms with van der Waals surface area (Å²) in [6.45, 7) is 2.97. The predicted octanol–water partition coefficient (Wildman–Crippen LogP) is 3.97. The number of hydrogen-bond donors (Lipinski definition) is 1. The van der Waals surface area contributed by atoms with Gasteiger partial charge >= 0.3 is 0 Å². The molecule has 0 saturated heterocycles. The number of rotatable bonds is 8. The Bertz CT molecular complexity index is 126. The van der Waals surface area contributed by atoms with Crippen molar-refractivity contribution in [2.24, 2.45) is 0 Å². The predicted molar refractivity (Wildman–Crippen MR) is 65.5 cm³/mol. The molecular formula is C10H20OS2. The van der Waals surface area contributed by atoms with Gasteiger partial charge in [-0.05, 0) is 18.6 Å². The second kappa shape index (κ2) is 10.3. The van der Waals surface area contributed by atoms with Crippen LogP contribution in [0.2, 0.25) is 0 Å². The van der Waals surface area contributed by atoms with E-state index in [1.54, 1.807) is 0 Å². The highest BCUT2D eigenvalue weighted by Gasteiger charge is 1.92. The lowest BCUT2D eigenvalue weighted by Gasteiger charge is -2.02. The molecule has 0 aromatic rings. The van der Waals surface area contributed by atoms with Crippen molar-refractivity contribution in [3.63, 3.8) is 0 Å². The monoisotopic (exact) mass is 220 g/mol. The van der Waals surface area contributed by atoms with Gasteiger partial charge in [-0.25, -0.2) is 0 Å². The van der Waals surface area contributed by atoms with E-state index in [2.05, 4.69) is 31.8 Å². The Morgan fingerprint density at radius 1 is 1.08 bits per heavy atom. The van der Waals surface area contributed by atoms with Crippen LogP contribution in [0.4, 0.5) is 0 Å². The topological polar surface area (TPSA) is 9.23 Å². The Hall–Kier alpha value is 0.240. The zero-order valence-corrected chi connectivity index (χ0v) is 10.1. The quantitative estimate of drug-likeness (QED) is 0.376. The zero-order chi connectivity index (χ0) is 9.94. The van der Waals surface area contributed by atoms with Gasteiger partial charge < -0.3 is 4.74 Å². The summed E-state index contributed by atoms with van der Waals surface area (Å²) in [5.74, 6) is 0. The van der Waals surface area contributed by atoms with Gasteiger partial charge in [0.2, 0.25) is 4.38 Å². The van der Waals surface area contributed by atoms with Crippen molar-refractivity contribution in [3.8, 4) is 0 Å². The molecule has 13 heavy (non-hydrogen) atoms. The first-order valence-corrected chi connectivity index (χ1v) is 5.98. The fourth-order valence-corrected chi connectivity index (χ4v) is 1.39. The standard InChI is InChI=1S/C10H20OS2/c1-2-3-4-5-6-7-8-9-11-10(12)13/h2-9H2,1H3,(H,12,13). The summed E-state index contributed by atoms with van der Waals surface area (Å²) in [6.07, 6.45) is 9.10. The van der Waals surface area contributed by atoms with Crippen LogP contribution in [0.3, 0.4) is 0 Å². The molecule has 0 saturated carbocycles. The van der Waals surface area contributed by atoms with E-state index in [1.807, 2.05) is 0 Å². The van der Waals surface area contributed by atoms with Crippen molar-refractivity contribution >= 4 is 29.2 Å². The molecule has 0 amide bonds. The van der Waals surface area contributed by atoms with Gasteiger partial charge in [0, 0.05) is 0 Å². The van der Waals surface area contributed by atoms with Crippen LogP contribution in [-0.2, 0) is 4.74 Å². The van der Waals surface area contributed by atoms with Crippen LogP contribution in [0.25, 0.3) is 0 Å². The average Bonchev–Trinajstić information content (AvgIpc) is 2.09. The highest BCUT2D eigenvalue weighted by Crippen LogP contribution is 2.06. The molecule has 0 N–H and O–H groups in total. The Morgan fingerprint density at radius 3 is 2.15 bits per heavy atom. The van der Waals surface area contributed by atoms with E-state index in [4.69, 9.17) is 4.74 Å². The largest absolute Gasteiger partial charge is 0.479 e. The van der Waals surface area contributed by atoms with Gasteiger partial charge in [0.1, 0.15) is 0 Å². The third-order valence-electron chi connectivity index (χ3n) is 1.97. The highest BCUT2D eigenvalue weighted by atomic mass is 32.1. The van der Waals surface area contributed by atoms with Crippen LogP contribution >= 0.6 is 24.8 Å². The van der Waals surface area contributed by atoms with Crippen molar-refractivity contribution in [2.45, 2.75) is 51.9 Å². The van der Waals surface area contributed by atoms with Gasteiger partial charge in [0.25, 0.3) is 0 Å². The fourth-order valence-electron chi connectivity index (χ4n) is 1.22. The molecule has 0 rings (SSSR count). The van der Waals surface area contributed by atoms with Crippen LogP contribution in [0, 0.1) is 0 Å². The molecule has 0 atom stereocenters. The van der Waals surface area contributed by atoms with E-state index < -0.39 is 0 Å². The summed E-state index contributed by atoms with van der Waals surface area (Å²) in [6, 6.07) is 0. The van der Waals surface area contributed by atoms with Crippen LogP contribution in [-0.4, -0.2) is 11.0 Å². The molecule has 0 aliphatic heterocycles. The first kappa shape index (κ1) is 13.2. The molecule has 0 fully saturated rings. The molecule has 3 heteroatoms. The van der Waals surface area contributed by atoms with Crippen LogP contribution in [0.1, 0.15) is 51.9 Å². The van der Waals surface area contributed by atoms with Gasteiger partial charge in [-0.2, -0.15) is 0 Å². The smallest absolute Gasteiger partial charge is 0.216 e.